The van der Waals surface area contributed by atoms with Crippen LogP contribution in [0.2, 0.25) is 0 Å². The Hall–Kier alpha value is -3.23. The van der Waals surface area contributed by atoms with Gasteiger partial charge in [-0.15, -0.1) is 0 Å². The monoisotopic (exact) mass is 460 g/mol. The molecule has 8 nitrogen and oxygen atoms in total. The summed E-state index contributed by atoms with van der Waals surface area (Å²) in [6.07, 6.45) is 4.32. The van der Waals surface area contributed by atoms with E-state index in [2.05, 4.69) is 45.8 Å². The highest BCUT2D eigenvalue weighted by atomic mass is 16.5. The Morgan fingerprint density at radius 3 is 2.53 bits per heavy atom. The van der Waals surface area contributed by atoms with Gasteiger partial charge in [0, 0.05) is 48.2 Å². The van der Waals surface area contributed by atoms with Crippen LogP contribution in [-0.2, 0) is 4.74 Å². The van der Waals surface area contributed by atoms with Crippen molar-refractivity contribution in [3.63, 3.8) is 0 Å². The fourth-order valence-electron chi connectivity index (χ4n) is 4.50. The number of aromatic nitrogens is 2. The summed E-state index contributed by atoms with van der Waals surface area (Å²) in [4.78, 5) is 26.0. The third-order valence-electron chi connectivity index (χ3n) is 6.70. The number of hydrogen-bond acceptors (Lipinski definition) is 7. The smallest absolute Gasteiger partial charge is 0.254 e. The molecule has 0 aliphatic carbocycles. The van der Waals surface area contributed by atoms with E-state index in [1.165, 1.54) is 25.9 Å². The van der Waals surface area contributed by atoms with E-state index in [0.29, 0.717) is 43.7 Å². The normalized spacial score (nSPS) is 17.6. The predicted molar refractivity (Wildman–Crippen MR) is 135 cm³/mol. The second-order valence-electron chi connectivity index (χ2n) is 9.20. The van der Waals surface area contributed by atoms with Crippen molar-refractivity contribution in [2.45, 2.75) is 12.8 Å². The molecule has 2 aliphatic heterocycles. The zero-order valence-corrected chi connectivity index (χ0v) is 19.7. The van der Waals surface area contributed by atoms with E-state index in [4.69, 9.17) is 9.72 Å². The molecule has 5 rings (SSSR count). The summed E-state index contributed by atoms with van der Waals surface area (Å²) < 4.78 is 5.33. The van der Waals surface area contributed by atoms with Crippen molar-refractivity contribution in [2.75, 3.05) is 63.6 Å². The van der Waals surface area contributed by atoms with Gasteiger partial charge >= 0.3 is 0 Å². The summed E-state index contributed by atoms with van der Waals surface area (Å²) in [6.45, 7) is 5.81. The van der Waals surface area contributed by atoms with Gasteiger partial charge in [-0.1, -0.05) is 0 Å². The lowest BCUT2D eigenvalue weighted by Gasteiger charge is -2.29. The van der Waals surface area contributed by atoms with Crippen molar-refractivity contribution in [3.8, 4) is 0 Å². The van der Waals surface area contributed by atoms with E-state index in [1.807, 2.05) is 35.4 Å². The first-order chi connectivity index (χ1) is 16.6. The molecule has 2 N–H and O–H groups in total. The van der Waals surface area contributed by atoms with Crippen LogP contribution < -0.4 is 10.6 Å². The van der Waals surface area contributed by atoms with Crippen LogP contribution in [-0.4, -0.2) is 78.7 Å². The third kappa shape index (κ3) is 5.46. The summed E-state index contributed by atoms with van der Waals surface area (Å²) in [5.74, 6) is 1.29. The van der Waals surface area contributed by atoms with Crippen LogP contribution in [0, 0.1) is 5.92 Å². The van der Waals surface area contributed by atoms with Crippen LogP contribution in [0.25, 0.3) is 10.9 Å². The van der Waals surface area contributed by atoms with Crippen LogP contribution in [0.15, 0.2) is 48.7 Å². The summed E-state index contributed by atoms with van der Waals surface area (Å²) in [6, 6.07) is 13.7. The molecule has 2 fully saturated rings. The maximum atomic E-state index is 12.6. The number of morpholine rings is 1. The first-order valence-corrected chi connectivity index (χ1v) is 12.1. The lowest BCUT2D eigenvalue weighted by atomic mass is 9.97. The first kappa shape index (κ1) is 22.6. The Balaban J connectivity index is 1.22. The summed E-state index contributed by atoms with van der Waals surface area (Å²) in [5, 5.41) is 7.85. The number of carbonyl (C=O) groups excluding carboxylic acids is 1. The van der Waals surface area contributed by atoms with Gasteiger partial charge in [0.25, 0.3) is 5.91 Å². The molecular formula is C26H32N6O2. The Labute approximate surface area is 200 Å². The number of piperidine rings is 1. The highest BCUT2D eigenvalue weighted by molar-refractivity contribution is 5.94. The molecule has 2 saturated heterocycles. The molecule has 3 aromatic rings. The van der Waals surface area contributed by atoms with Crippen molar-refractivity contribution in [2.24, 2.45) is 5.92 Å². The van der Waals surface area contributed by atoms with Crippen molar-refractivity contribution in [1.82, 2.24) is 19.8 Å². The Kier molecular flexibility index (Phi) is 6.87. The van der Waals surface area contributed by atoms with Gasteiger partial charge in [-0.3, -0.25) is 4.79 Å². The van der Waals surface area contributed by atoms with Crippen molar-refractivity contribution < 1.29 is 9.53 Å². The van der Waals surface area contributed by atoms with Crippen molar-refractivity contribution >= 4 is 34.1 Å². The second kappa shape index (κ2) is 10.4. The standard InChI is InChI=1S/C26H32N6O2/c1-31-10-8-19(9-11-31)17-27-23-7-4-21-18-28-26(30-24(21)16-23)29-22-5-2-20(3-6-22)25(33)32-12-14-34-15-13-32/h2-7,16,18-19,27H,8-15,17H2,1H3,(H,28,29,30). The summed E-state index contributed by atoms with van der Waals surface area (Å²) >= 11 is 0. The van der Waals surface area contributed by atoms with Crippen LogP contribution >= 0.6 is 0 Å². The molecule has 0 bridgehead atoms. The molecule has 1 amide bonds. The van der Waals surface area contributed by atoms with E-state index < -0.39 is 0 Å². The van der Waals surface area contributed by atoms with E-state index in [0.717, 1.165) is 28.8 Å². The van der Waals surface area contributed by atoms with Crippen LogP contribution in [0.1, 0.15) is 23.2 Å². The molecule has 178 valence electrons. The molecule has 3 heterocycles. The zero-order chi connectivity index (χ0) is 23.3. The molecule has 2 aliphatic rings. The first-order valence-electron chi connectivity index (χ1n) is 12.1. The minimum Gasteiger partial charge on any atom is -0.385 e. The number of ether oxygens (including phenoxy) is 1. The maximum absolute atomic E-state index is 12.6. The van der Waals surface area contributed by atoms with E-state index in [-0.39, 0.29) is 5.91 Å². The number of nitrogens with zero attached hydrogens (tertiary/aromatic N) is 4. The van der Waals surface area contributed by atoms with Gasteiger partial charge in [0.1, 0.15) is 0 Å². The number of hydrogen-bond donors (Lipinski definition) is 2. The van der Waals surface area contributed by atoms with Crippen molar-refractivity contribution in [3.05, 3.63) is 54.2 Å². The molecule has 8 heteroatoms. The van der Waals surface area contributed by atoms with Gasteiger partial charge in [0.15, 0.2) is 0 Å². The summed E-state index contributed by atoms with van der Waals surface area (Å²) in [5.41, 5.74) is 3.49. The third-order valence-corrected chi connectivity index (χ3v) is 6.70. The van der Waals surface area contributed by atoms with Gasteiger partial charge in [0.2, 0.25) is 5.95 Å². The SMILES string of the molecule is CN1CCC(CNc2ccc3cnc(Nc4ccc(C(=O)N5CCOCC5)cc4)nc3c2)CC1. The Morgan fingerprint density at radius 1 is 1.03 bits per heavy atom. The molecule has 0 spiro atoms. The highest BCUT2D eigenvalue weighted by Gasteiger charge is 2.18. The number of nitrogens with one attached hydrogen (secondary N) is 2. The Bertz CT molecular complexity index is 1120. The van der Waals surface area contributed by atoms with E-state index >= 15 is 0 Å². The average molecular weight is 461 g/mol. The molecule has 0 saturated carbocycles. The van der Waals surface area contributed by atoms with Gasteiger partial charge in [0.05, 0.1) is 18.7 Å². The molecule has 0 unspecified atom stereocenters. The predicted octanol–water partition coefficient (Wildman–Crippen LogP) is 3.60. The molecule has 2 aromatic carbocycles. The van der Waals surface area contributed by atoms with Crippen LogP contribution in [0.5, 0.6) is 0 Å². The lowest BCUT2D eigenvalue weighted by Crippen LogP contribution is -2.40. The highest BCUT2D eigenvalue weighted by Crippen LogP contribution is 2.22. The van der Waals surface area contributed by atoms with Crippen LogP contribution in [0.3, 0.4) is 0 Å². The second-order valence-corrected chi connectivity index (χ2v) is 9.20. The Morgan fingerprint density at radius 2 is 1.76 bits per heavy atom. The largest absolute Gasteiger partial charge is 0.385 e. The molecule has 1 aromatic heterocycles. The van der Waals surface area contributed by atoms with Gasteiger partial charge in [-0.25, -0.2) is 9.97 Å². The minimum atomic E-state index is 0.0390. The number of anilines is 3. The van der Waals surface area contributed by atoms with Crippen LogP contribution in [0.4, 0.5) is 17.3 Å². The minimum absolute atomic E-state index is 0.0390. The fraction of sp³-hybridized carbons (Fsp3) is 0.423. The topological polar surface area (TPSA) is 82.6 Å². The zero-order valence-electron chi connectivity index (χ0n) is 19.7. The number of benzene rings is 2. The van der Waals surface area contributed by atoms with Gasteiger partial charge < -0.3 is 25.2 Å². The molecule has 0 radical (unpaired) electrons. The maximum Gasteiger partial charge on any atom is 0.254 e. The van der Waals surface area contributed by atoms with Gasteiger partial charge in [-0.2, -0.15) is 0 Å². The number of rotatable bonds is 6. The summed E-state index contributed by atoms with van der Waals surface area (Å²) in [7, 11) is 2.19. The van der Waals surface area contributed by atoms with E-state index in [1.54, 1.807) is 0 Å². The van der Waals surface area contributed by atoms with E-state index in [9.17, 15) is 4.79 Å². The quantitative estimate of drug-likeness (QED) is 0.582. The molecular weight excluding hydrogens is 428 g/mol. The number of carbonyl (C=O) groups is 1. The fourth-order valence-corrected chi connectivity index (χ4v) is 4.50. The number of amides is 1. The van der Waals surface area contributed by atoms with Crippen molar-refractivity contribution in [1.29, 1.82) is 0 Å². The number of likely N-dealkylation sites (tertiary alicyclic amines) is 1. The average Bonchev–Trinajstić information content (AvgIpc) is 2.89. The van der Waals surface area contributed by atoms with Gasteiger partial charge in [-0.05, 0) is 81.4 Å². The molecule has 34 heavy (non-hydrogen) atoms. The lowest BCUT2D eigenvalue weighted by molar-refractivity contribution is 0.0303. The number of fused-ring (bicyclic) bond motifs is 1. The molecule has 0 atom stereocenters.